The number of hydrogen-bond acceptors (Lipinski definition) is 7. The maximum Gasteiger partial charge on any atom is 0.301 e. The maximum absolute atomic E-state index is 13.4. The molecule has 1 aliphatic heterocycles. The highest BCUT2D eigenvalue weighted by Crippen LogP contribution is 2.44. The van der Waals surface area contributed by atoms with E-state index in [1.165, 1.54) is 22.4 Å². The van der Waals surface area contributed by atoms with E-state index in [0.29, 0.717) is 11.1 Å². The number of anilines is 1. The molecule has 9 heteroatoms. The second-order valence-corrected chi connectivity index (χ2v) is 12.4. The first kappa shape index (κ1) is 26.5. The van der Waals surface area contributed by atoms with Crippen LogP contribution in [0.4, 0.5) is 5.13 Å². The zero-order valence-corrected chi connectivity index (χ0v) is 23.2. The van der Waals surface area contributed by atoms with Crippen molar-refractivity contribution >= 4 is 43.8 Å². The van der Waals surface area contributed by atoms with E-state index >= 15 is 0 Å². The standard InChI is InChI=1S/C30H26N2O5S2/c1-18(2)20-13-15-21(16-14-20)26-25(27(33)22-11-9-19(3)10-12-22)28(34)29(35)32(26)30-31-24(17-38-30)39(36,37)23-7-5-4-6-8-23/h4-18,26,33H,1-3H3. The van der Waals surface area contributed by atoms with Gasteiger partial charge in [0.1, 0.15) is 5.76 Å². The van der Waals surface area contributed by atoms with Gasteiger partial charge in [-0.3, -0.25) is 14.5 Å². The van der Waals surface area contributed by atoms with Crippen LogP contribution < -0.4 is 4.90 Å². The molecule has 0 spiro atoms. The van der Waals surface area contributed by atoms with E-state index in [2.05, 4.69) is 18.8 Å². The SMILES string of the molecule is Cc1ccc(C(O)=C2C(=O)C(=O)N(c3nc(S(=O)(=O)c4ccccc4)cs3)C2c2ccc(C(C)C)cc2)cc1. The lowest BCUT2D eigenvalue weighted by Crippen LogP contribution is -2.29. The molecular weight excluding hydrogens is 532 g/mol. The third-order valence-electron chi connectivity index (χ3n) is 6.69. The van der Waals surface area contributed by atoms with Crippen molar-refractivity contribution in [1.29, 1.82) is 0 Å². The Morgan fingerprint density at radius 2 is 1.59 bits per heavy atom. The van der Waals surface area contributed by atoms with Gasteiger partial charge < -0.3 is 5.11 Å². The summed E-state index contributed by atoms with van der Waals surface area (Å²) >= 11 is 0.950. The van der Waals surface area contributed by atoms with E-state index in [-0.39, 0.29) is 32.3 Å². The molecule has 1 amide bonds. The minimum absolute atomic E-state index is 0.0486. The molecule has 2 heterocycles. The smallest absolute Gasteiger partial charge is 0.301 e. The number of aryl methyl sites for hydroxylation is 1. The van der Waals surface area contributed by atoms with Gasteiger partial charge in [0.05, 0.1) is 16.5 Å². The predicted molar refractivity (Wildman–Crippen MR) is 151 cm³/mol. The van der Waals surface area contributed by atoms with Crippen molar-refractivity contribution in [2.45, 2.75) is 42.7 Å². The monoisotopic (exact) mass is 558 g/mol. The lowest BCUT2D eigenvalue weighted by atomic mass is 9.93. The summed E-state index contributed by atoms with van der Waals surface area (Å²) < 4.78 is 26.3. The molecule has 7 nitrogen and oxygen atoms in total. The molecule has 0 radical (unpaired) electrons. The number of amides is 1. The van der Waals surface area contributed by atoms with E-state index < -0.39 is 27.6 Å². The van der Waals surface area contributed by atoms with E-state index in [1.807, 2.05) is 31.2 Å². The summed E-state index contributed by atoms with van der Waals surface area (Å²) in [4.78, 5) is 32.4. The Bertz CT molecular complexity index is 1690. The Morgan fingerprint density at radius 1 is 0.949 bits per heavy atom. The van der Waals surface area contributed by atoms with Gasteiger partial charge in [0.15, 0.2) is 10.2 Å². The minimum Gasteiger partial charge on any atom is -0.507 e. The summed E-state index contributed by atoms with van der Waals surface area (Å²) in [5.74, 6) is -1.79. The van der Waals surface area contributed by atoms with Gasteiger partial charge in [0, 0.05) is 10.9 Å². The van der Waals surface area contributed by atoms with Crippen molar-refractivity contribution in [3.05, 3.63) is 112 Å². The quantitative estimate of drug-likeness (QED) is 0.176. The Kier molecular flexibility index (Phi) is 6.96. The number of aliphatic hydroxyl groups excluding tert-OH is 1. The van der Waals surface area contributed by atoms with Crippen molar-refractivity contribution in [2.75, 3.05) is 4.90 Å². The van der Waals surface area contributed by atoms with E-state index in [4.69, 9.17) is 0 Å². The van der Waals surface area contributed by atoms with Gasteiger partial charge in [-0.25, -0.2) is 13.4 Å². The van der Waals surface area contributed by atoms with Gasteiger partial charge in [-0.05, 0) is 36.1 Å². The Labute approximate surface area is 231 Å². The summed E-state index contributed by atoms with van der Waals surface area (Å²) in [6.45, 7) is 6.02. The molecule has 0 aliphatic carbocycles. The number of hydrogen-bond donors (Lipinski definition) is 1. The highest BCUT2D eigenvalue weighted by molar-refractivity contribution is 7.91. The van der Waals surface area contributed by atoms with Crippen molar-refractivity contribution in [1.82, 2.24) is 4.98 Å². The number of sulfone groups is 1. The van der Waals surface area contributed by atoms with Gasteiger partial charge in [0.2, 0.25) is 9.84 Å². The predicted octanol–water partition coefficient (Wildman–Crippen LogP) is 6.03. The van der Waals surface area contributed by atoms with Crippen molar-refractivity contribution < 1.29 is 23.1 Å². The van der Waals surface area contributed by atoms with Crippen LogP contribution in [0.15, 0.2) is 99.7 Å². The fourth-order valence-electron chi connectivity index (χ4n) is 4.48. The third-order valence-corrected chi connectivity index (χ3v) is 9.34. The maximum atomic E-state index is 13.4. The Balaban J connectivity index is 1.66. The molecule has 1 aliphatic rings. The number of rotatable bonds is 6. The molecule has 1 N–H and O–H groups in total. The fraction of sp³-hybridized carbons (Fsp3) is 0.167. The third kappa shape index (κ3) is 4.79. The number of carbonyl (C=O) groups is 2. The van der Waals surface area contributed by atoms with Gasteiger partial charge in [0.25, 0.3) is 5.78 Å². The van der Waals surface area contributed by atoms with Crippen LogP contribution >= 0.6 is 11.3 Å². The molecule has 0 bridgehead atoms. The number of thiazole rings is 1. The molecule has 39 heavy (non-hydrogen) atoms. The highest BCUT2D eigenvalue weighted by atomic mass is 32.2. The van der Waals surface area contributed by atoms with Crippen LogP contribution in [-0.2, 0) is 19.4 Å². The first-order valence-corrected chi connectivity index (χ1v) is 14.7. The topological polar surface area (TPSA) is 105 Å². The summed E-state index contributed by atoms with van der Waals surface area (Å²) in [7, 11) is -3.94. The molecule has 1 atom stereocenters. The van der Waals surface area contributed by atoms with Crippen LogP contribution in [0.25, 0.3) is 5.76 Å². The second-order valence-electron chi connectivity index (χ2n) is 9.64. The van der Waals surface area contributed by atoms with Crippen molar-refractivity contribution in [3.8, 4) is 0 Å². The molecule has 3 aromatic carbocycles. The number of nitrogens with zero attached hydrogens (tertiary/aromatic N) is 2. The van der Waals surface area contributed by atoms with E-state index in [9.17, 15) is 23.1 Å². The Morgan fingerprint density at radius 3 is 2.21 bits per heavy atom. The fourth-order valence-corrected chi connectivity index (χ4v) is 6.86. The van der Waals surface area contributed by atoms with Crippen molar-refractivity contribution in [2.24, 2.45) is 0 Å². The average Bonchev–Trinajstić information content (AvgIpc) is 3.53. The molecule has 5 rings (SSSR count). The number of Topliss-reactive ketones (excluding diaryl/α,β-unsaturated/α-hetero) is 1. The first-order chi connectivity index (χ1) is 18.6. The van der Waals surface area contributed by atoms with Gasteiger partial charge in [-0.15, -0.1) is 11.3 Å². The lowest BCUT2D eigenvalue weighted by molar-refractivity contribution is -0.132. The number of benzene rings is 3. The lowest BCUT2D eigenvalue weighted by Gasteiger charge is -2.23. The molecule has 0 saturated carbocycles. The number of ketones is 1. The Hall–Kier alpha value is -4.08. The van der Waals surface area contributed by atoms with Crippen LogP contribution in [0.5, 0.6) is 0 Å². The summed E-state index contributed by atoms with van der Waals surface area (Å²) in [5.41, 5.74) is 2.95. The largest absolute Gasteiger partial charge is 0.507 e. The van der Waals surface area contributed by atoms with Gasteiger partial charge in [-0.1, -0.05) is 86.1 Å². The van der Waals surface area contributed by atoms with Crippen LogP contribution in [0.1, 0.15) is 48.1 Å². The zero-order chi connectivity index (χ0) is 27.9. The normalized spacial score (nSPS) is 17.2. The van der Waals surface area contributed by atoms with E-state index in [1.54, 1.807) is 42.5 Å². The molecule has 1 unspecified atom stereocenters. The van der Waals surface area contributed by atoms with Gasteiger partial charge >= 0.3 is 5.91 Å². The number of aliphatic hydroxyl groups is 1. The molecular formula is C30H26N2O5S2. The number of aromatic nitrogens is 1. The van der Waals surface area contributed by atoms with Crippen LogP contribution in [0.2, 0.25) is 0 Å². The second kappa shape index (κ2) is 10.2. The highest BCUT2D eigenvalue weighted by Gasteiger charge is 2.48. The van der Waals surface area contributed by atoms with Crippen LogP contribution in [-0.4, -0.2) is 30.2 Å². The van der Waals surface area contributed by atoms with Crippen molar-refractivity contribution in [3.63, 3.8) is 0 Å². The average molecular weight is 559 g/mol. The summed E-state index contributed by atoms with van der Waals surface area (Å²) in [6.07, 6.45) is 0. The van der Waals surface area contributed by atoms with E-state index in [0.717, 1.165) is 22.5 Å². The summed E-state index contributed by atoms with van der Waals surface area (Å²) in [5, 5.41) is 12.5. The zero-order valence-electron chi connectivity index (χ0n) is 21.5. The first-order valence-electron chi connectivity index (χ1n) is 12.3. The molecule has 1 saturated heterocycles. The molecule has 198 valence electrons. The molecule has 1 fully saturated rings. The van der Waals surface area contributed by atoms with Gasteiger partial charge in [-0.2, -0.15) is 0 Å². The number of carbonyl (C=O) groups excluding carboxylic acids is 2. The molecule has 1 aromatic heterocycles. The van der Waals surface area contributed by atoms with Crippen LogP contribution in [0, 0.1) is 6.92 Å². The van der Waals surface area contributed by atoms with Crippen LogP contribution in [0.3, 0.4) is 0 Å². The summed E-state index contributed by atoms with van der Waals surface area (Å²) in [6, 6.07) is 21.3. The minimum atomic E-state index is -3.94. The molecule has 4 aromatic rings.